The molecule has 0 aliphatic heterocycles. The van der Waals surface area contributed by atoms with Crippen LogP contribution in [0.25, 0.3) is 5.69 Å². The Labute approximate surface area is 130 Å². The molecule has 21 heavy (non-hydrogen) atoms. The molecule has 0 aliphatic carbocycles. The first kappa shape index (κ1) is 16.0. The van der Waals surface area contributed by atoms with Crippen molar-refractivity contribution in [2.24, 2.45) is 5.92 Å². The maximum Gasteiger partial charge on any atom is 0.129 e. The second kappa shape index (κ2) is 6.58. The average Bonchev–Trinajstić information content (AvgIpc) is 2.68. The molecule has 1 N–H and O–H groups in total. The topological polar surface area (TPSA) is 29.9 Å². The zero-order valence-electron chi connectivity index (χ0n) is 12.9. The number of hydrogen-bond acceptors (Lipinski definition) is 2. The third-order valence-corrected chi connectivity index (χ3v) is 3.93. The van der Waals surface area contributed by atoms with E-state index in [1.807, 2.05) is 19.9 Å². The third-order valence-electron chi connectivity index (χ3n) is 3.38. The molecular formula is C16H21ClFN3. The highest BCUT2D eigenvalue weighted by atomic mass is 35.5. The predicted molar refractivity (Wildman–Crippen MR) is 84.6 cm³/mol. The van der Waals surface area contributed by atoms with Gasteiger partial charge < -0.3 is 5.32 Å². The van der Waals surface area contributed by atoms with Crippen molar-refractivity contribution in [3.05, 3.63) is 46.0 Å². The van der Waals surface area contributed by atoms with Crippen molar-refractivity contribution in [1.29, 1.82) is 0 Å². The van der Waals surface area contributed by atoms with Crippen molar-refractivity contribution < 1.29 is 4.39 Å². The summed E-state index contributed by atoms with van der Waals surface area (Å²) < 4.78 is 15.9. The molecule has 114 valence electrons. The van der Waals surface area contributed by atoms with E-state index in [0.717, 1.165) is 23.6 Å². The molecule has 1 aromatic heterocycles. The van der Waals surface area contributed by atoms with E-state index in [0.29, 0.717) is 23.0 Å². The molecule has 0 radical (unpaired) electrons. The van der Waals surface area contributed by atoms with E-state index in [1.165, 1.54) is 6.07 Å². The van der Waals surface area contributed by atoms with Crippen LogP contribution in [0.5, 0.6) is 0 Å². The molecule has 0 amide bonds. The maximum absolute atomic E-state index is 14.2. The van der Waals surface area contributed by atoms with Crippen LogP contribution in [0.3, 0.4) is 0 Å². The number of aryl methyl sites for hydroxylation is 1. The number of rotatable bonds is 5. The molecule has 5 heteroatoms. The number of hydrogen-bond donors (Lipinski definition) is 1. The predicted octanol–water partition coefficient (Wildman–Crippen LogP) is 4.03. The minimum Gasteiger partial charge on any atom is -0.312 e. The normalized spacial score (nSPS) is 11.4. The number of benzene rings is 1. The SMILES string of the molecule is Cc1nn(-c2cccc(F)c2CNCC(C)C)c(C)c1Cl. The van der Waals surface area contributed by atoms with Gasteiger partial charge in [-0.1, -0.05) is 31.5 Å². The summed E-state index contributed by atoms with van der Waals surface area (Å²) in [5.41, 5.74) is 2.92. The number of halogens is 2. The quantitative estimate of drug-likeness (QED) is 0.904. The van der Waals surface area contributed by atoms with Crippen LogP contribution < -0.4 is 5.32 Å². The first-order valence-electron chi connectivity index (χ1n) is 7.12. The van der Waals surface area contributed by atoms with Gasteiger partial charge in [0.15, 0.2) is 0 Å². The highest BCUT2D eigenvalue weighted by Crippen LogP contribution is 2.25. The Morgan fingerprint density at radius 3 is 2.62 bits per heavy atom. The zero-order valence-corrected chi connectivity index (χ0v) is 13.6. The molecule has 0 unspecified atom stereocenters. The van der Waals surface area contributed by atoms with E-state index in [-0.39, 0.29) is 5.82 Å². The fourth-order valence-electron chi connectivity index (χ4n) is 2.26. The Kier molecular flexibility index (Phi) is 5.01. The molecule has 3 nitrogen and oxygen atoms in total. The third kappa shape index (κ3) is 3.44. The van der Waals surface area contributed by atoms with Crippen LogP contribution in [0.15, 0.2) is 18.2 Å². The average molecular weight is 310 g/mol. The van der Waals surface area contributed by atoms with Crippen LogP contribution in [0, 0.1) is 25.6 Å². The van der Waals surface area contributed by atoms with Gasteiger partial charge in [-0.05, 0) is 38.4 Å². The Hall–Kier alpha value is -1.39. The number of nitrogens with one attached hydrogen (secondary N) is 1. The van der Waals surface area contributed by atoms with Gasteiger partial charge in [-0.15, -0.1) is 0 Å². The summed E-state index contributed by atoms with van der Waals surface area (Å²) >= 11 is 6.19. The van der Waals surface area contributed by atoms with E-state index < -0.39 is 0 Å². The summed E-state index contributed by atoms with van der Waals surface area (Å²) in [6.07, 6.45) is 0. The number of aromatic nitrogens is 2. The van der Waals surface area contributed by atoms with E-state index >= 15 is 0 Å². The van der Waals surface area contributed by atoms with Crippen molar-refractivity contribution >= 4 is 11.6 Å². The summed E-state index contributed by atoms with van der Waals surface area (Å²) in [6.45, 7) is 9.29. The first-order chi connectivity index (χ1) is 9.91. The van der Waals surface area contributed by atoms with Crippen molar-refractivity contribution in [2.45, 2.75) is 34.2 Å². The molecule has 0 saturated heterocycles. The Bertz CT molecular complexity index is 635. The van der Waals surface area contributed by atoms with Gasteiger partial charge >= 0.3 is 0 Å². The lowest BCUT2D eigenvalue weighted by Crippen LogP contribution is -2.21. The summed E-state index contributed by atoms with van der Waals surface area (Å²) in [6, 6.07) is 5.04. The Morgan fingerprint density at radius 1 is 1.33 bits per heavy atom. The van der Waals surface area contributed by atoms with E-state index in [1.54, 1.807) is 10.7 Å². The molecule has 0 atom stereocenters. The highest BCUT2D eigenvalue weighted by Gasteiger charge is 2.16. The van der Waals surface area contributed by atoms with Crippen molar-refractivity contribution in [3.8, 4) is 5.69 Å². The second-order valence-corrected chi connectivity index (χ2v) is 6.04. The second-order valence-electron chi connectivity index (χ2n) is 5.66. The lowest BCUT2D eigenvalue weighted by Gasteiger charge is -2.14. The van der Waals surface area contributed by atoms with E-state index in [9.17, 15) is 4.39 Å². The van der Waals surface area contributed by atoms with Gasteiger partial charge in [0.1, 0.15) is 5.82 Å². The van der Waals surface area contributed by atoms with E-state index in [4.69, 9.17) is 11.6 Å². The fraction of sp³-hybridized carbons (Fsp3) is 0.438. The summed E-state index contributed by atoms with van der Waals surface area (Å²) in [4.78, 5) is 0. The van der Waals surface area contributed by atoms with Crippen LogP contribution in [0.1, 0.15) is 30.8 Å². The molecule has 0 bridgehead atoms. The van der Waals surface area contributed by atoms with E-state index in [2.05, 4.69) is 24.3 Å². The molecule has 1 aromatic carbocycles. The zero-order chi connectivity index (χ0) is 15.6. The highest BCUT2D eigenvalue weighted by molar-refractivity contribution is 6.31. The first-order valence-corrected chi connectivity index (χ1v) is 7.49. The lowest BCUT2D eigenvalue weighted by molar-refractivity contribution is 0.532. The van der Waals surface area contributed by atoms with Gasteiger partial charge in [-0.25, -0.2) is 9.07 Å². The van der Waals surface area contributed by atoms with Gasteiger partial charge in [0.05, 0.1) is 22.1 Å². The van der Waals surface area contributed by atoms with Crippen molar-refractivity contribution in [2.75, 3.05) is 6.54 Å². The van der Waals surface area contributed by atoms with Crippen LogP contribution >= 0.6 is 11.6 Å². The fourth-order valence-corrected chi connectivity index (χ4v) is 2.38. The Balaban J connectivity index is 2.39. The molecule has 2 aromatic rings. The van der Waals surface area contributed by atoms with Crippen molar-refractivity contribution in [1.82, 2.24) is 15.1 Å². The molecule has 1 heterocycles. The standard InChI is InChI=1S/C16H21ClFN3/c1-10(2)8-19-9-13-14(18)6-5-7-15(13)21-12(4)16(17)11(3)20-21/h5-7,10,19H,8-9H2,1-4H3. The molecule has 0 fully saturated rings. The van der Waals surface area contributed by atoms with Crippen LogP contribution in [-0.2, 0) is 6.54 Å². The van der Waals surface area contributed by atoms with Gasteiger partial charge in [0.2, 0.25) is 0 Å². The minimum atomic E-state index is -0.229. The lowest BCUT2D eigenvalue weighted by atomic mass is 10.1. The van der Waals surface area contributed by atoms with Crippen LogP contribution in [0.2, 0.25) is 5.02 Å². The smallest absolute Gasteiger partial charge is 0.129 e. The molecular weight excluding hydrogens is 289 g/mol. The van der Waals surface area contributed by atoms with Crippen LogP contribution in [0.4, 0.5) is 4.39 Å². The Morgan fingerprint density at radius 2 is 2.05 bits per heavy atom. The summed E-state index contributed by atoms with van der Waals surface area (Å²) in [5.74, 6) is 0.288. The maximum atomic E-state index is 14.2. The van der Waals surface area contributed by atoms with Crippen molar-refractivity contribution in [3.63, 3.8) is 0 Å². The largest absolute Gasteiger partial charge is 0.312 e. The van der Waals surface area contributed by atoms with Gasteiger partial charge in [-0.2, -0.15) is 5.10 Å². The monoisotopic (exact) mass is 309 g/mol. The number of nitrogens with zero attached hydrogens (tertiary/aromatic N) is 2. The minimum absolute atomic E-state index is 0.229. The molecule has 0 spiro atoms. The van der Waals surface area contributed by atoms with Gasteiger partial charge in [0.25, 0.3) is 0 Å². The van der Waals surface area contributed by atoms with Gasteiger partial charge in [0, 0.05) is 12.1 Å². The molecule has 0 saturated carbocycles. The summed E-state index contributed by atoms with van der Waals surface area (Å²) in [5, 5.41) is 8.32. The summed E-state index contributed by atoms with van der Waals surface area (Å²) in [7, 11) is 0. The van der Waals surface area contributed by atoms with Gasteiger partial charge in [-0.3, -0.25) is 0 Å². The van der Waals surface area contributed by atoms with Crippen LogP contribution in [-0.4, -0.2) is 16.3 Å². The molecule has 2 rings (SSSR count). The molecule has 0 aliphatic rings.